The fourth-order valence-electron chi connectivity index (χ4n) is 3.58. The summed E-state index contributed by atoms with van der Waals surface area (Å²) in [6.07, 6.45) is 3.46. The second kappa shape index (κ2) is 5.76. The van der Waals surface area contributed by atoms with Crippen molar-refractivity contribution in [3.8, 4) is 0 Å². The summed E-state index contributed by atoms with van der Waals surface area (Å²) in [5, 5.41) is 10.7. The lowest BCUT2D eigenvalue weighted by molar-refractivity contribution is -0.0774. The molecule has 0 spiro atoms. The van der Waals surface area contributed by atoms with Crippen molar-refractivity contribution >= 4 is 11.3 Å². The highest BCUT2D eigenvalue weighted by atomic mass is 32.1. The molecule has 20 heavy (non-hydrogen) atoms. The van der Waals surface area contributed by atoms with Crippen LogP contribution in [-0.2, 0) is 6.54 Å². The summed E-state index contributed by atoms with van der Waals surface area (Å²) < 4.78 is 0. The Balaban J connectivity index is 1.66. The van der Waals surface area contributed by atoms with Gasteiger partial charge in [0.2, 0.25) is 0 Å². The van der Waals surface area contributed by atoms with E-state index in [1.165, 1.54) is 22.6 Å². The molecule has 4 heteroatoms. The molecule has 2 aliphatic rings. The summed E-state index contributed by atoms with van der Waals surface area (Å²) in [5.41, 5.74) is -0.522. The van der Waals surface area contributed by atoms with E-state index in [-0.39, 0.29) is 0 Å². The monoisotopic (exact) mass is 294 g/mol. The van der Waals surface area contributed by atoms with Crippen molar-refractivity contribution in [2.75, 3.05) is 26.2 Å². The lowest BCUT2D eigenvalue weighted by atomic mass is 9.87. The van der Waals surface area contributed by atoms with Crippen molar-refractivity contribution < 1.29 is 5.11 Å². The second-order valence-electron chi connectivity index (χ2n) is 6.61. The number of rotatable bonds is 3. The minimum Gasteiger partial charge on any atom is -0.388 e. The maximum Gasteiger partial charge on any atom is 0.0798 e. The van der Waals surface area contributed by atoms with Gasteiger partial charge in [-0.3, -0.25) is 9.80 Å². The van der Waals surface area contributed by atoms with Crippen molar-refractivity contribution in [3.05, 3.63) is 21.9 Å². The van der Waals surface area contributed by atoms with Crippen LogP contribution in [0.15, 0.2) is 12.1 Å². The Morgan fingerprint density at radius 1 is 1.30 bits per heavy atom. The summed E-state index contributed by atoms with van der Waals surface area (Å²) in [6, 6.07) is 4.76. The van der Waals surface area contributed by atoms with Crippen molar-refractivity contribution in [3.63, 3.8) is 0 Å². The molecule has 0 aliphatic carbocycles. The predicted octanol–water partition coefficient (Wildman–Crippen LogP) is 2.48. The molecule has 2 fully saturated rings. The molecule has 0 radical (unpaired) electrons. The largest absolute Gasteiger partial charge is 0.388 e. The van der Waals surface area contributed by atoms with Gasteiger partial charge in [0.25, 0.3) is 0 Å². The van der Waals surface area contributed by atoms with Gasteiger partial charge in [0.05, 0.1) is 11.6 Å². The van der Waals surface area contributed by atoms with Crippen LogP contribution in [-0.4, -0.2) is 52.7 Å². The first-order valence-corrected chi connectivity index (χ1v) is 8.60. The molecule has 2 atom stereocenters. The number of aliphatic hydroxyl groups is 1. The number of hydrogen-bond acceptors (Lipinski definition) is 4. The van der Waals surface area contributed by atoms with E-state index in [2.05, 4.69) is 28.9 Å². The molecule has 2 saturated heterocycles. The van der Waals surface area contributed by atoms with Gasteiger partial charge in [-0.15, -0.1) is 11.3 Å². The molecule has 0 aromatic carbocycles. The lowest BCUT2D eigenvalue weighted by Gasteiger charge is -2.46. The number of nitrogens with zero attached hydrogens (tertiary/aromatic N) is 2. The first-order chi connectivity index (χ1) is 9.54. The molecular weight excluding hydrogens is 268 g/mol. The zero-order chi connectivity index (χ0) is 14.2. The highest BCUT2D eigenvalue weighted by Crippen LogP contribution is 2.30. The third-order valence-electron chi connectivity index (χ3n) is 4.84. The second-order valence-corrected chi connectivity index (χ2v) is 7.99. The molecule has 3 rings (SSSR count). The van der Waals surface area contributed by atoms with E-state index in [0.717, 1.165) is 39.1 Å². The van der Waals surface area contributed by atoms with Crippen LogP contribution in [0.5, 0.6) is 0 Å². The van der Waals surface area contributed by atoms with E-state index in [0.29, 0.717) is 6.04 Å². The summed E-state index contributed by atoms with van der Waals surface area (Å²) in [4.78, 5) is 7.86. The molecular formula is C16H26N2OS. The minimum atomic E-state index is -0.522. The smallest absolute Gasteiger partial charge is 0.0798 e. The van der Waals surface area contributed by atoms with Gasteiger partial charge in [0.15, 0.2) is 0 Å². The Bertz CT molecular complexity index is 451. The number of thiophene rings is 1. The van der Waals surface area contributed by atoms with Crippen LogP contribution in [0.3, 0.4) is 0 Å². The standard InChI is InChI=1S/C16H26N2OS/c1-13-5-6-14(20-13)11-17-10-7-16(2,19)15(12-17)18-8-3-4-9-18/h5-6,15,19H,3-4,7-12H2,1-2H3/t15-,16-/m1/s1. The maximum absolute atomic E-state index is 10.7. The Morgan fingerprint density at radius 3 is 2.70 bits per heavy atom. The van der Waals surface area contributed by atoms with Crippen LogP contribution in [0, 0.1) is 6.92 Å². The van der Waals surface area contributed by atoms with Gasteiger partial charge in [0, 0.05) is 29.4 Å². The predicted molar refractivity (Wildman–Crippen MR) is 84.2 cm³/mol. The SMILES string of the molecule is Cc1ccc(CN2CC[C@@](C)(O)[C@H](N3CCCC3)C2)s1. The number of likely N-dealkylation sites (tertiary alicyclic amines) is 2. The number of aryl methyl sites for hydroxylation is 1. The van der Waals surface area contributed by atoms with Crippen LogP contribution in [0.4, 0.5) is 0 Å². The summed E-state index contributed by atoms with van der Waals surface area (Å²) in [6.45, 7) is 9.57. The first-order valence-electron chi connectivity index (χ1n) is 7.79. The van der Waals surface area contributed by atoms with Gasteiger partial charge in [-0.2, -0.15) is 0 Å². The van der Waals surface area contributed by atoms with E-state index < -0.39 is 5.60 Å². The summed E-state index contributed by atoms with van der Waals surface area (Å²) in [7, 11) is 0. The maximum atomic E-state index is 10.7. The highest BCUT2D eigenvalue weighted by molar-refractivity contribution is 7.11. The normalized spacial score (nSPS) is 32.9. The zero-order valence-corrected chi connectivity index (χ0v) is 13.5. The Hall–Kier alpha value is -0.420. The van der Waals surface area contributed by atoms with Crippen LogP contribution < -0.4 is 0 Å². The minimum absolute atomic E-state index is 0.305. The summed E-state index contributed by atoms with van der Waals surface area (Å²) in [5.74, 6) is 0. The Kier molecular flexibility index (Phi) is 4.18. The van der Waals surface area contributed by atoms with Crippen molar-refractivity contribution in [1.82, 2.24) is 9.80 Å². The molecule has 112 valence electrons. The number of piperidine rings is 1. The lowest BCUT2D eigenvalue weighted by Crippen LogP contribution is -2.60. The van der Waals surface area contributed by atoms with Crippen molar-refractivity contribution in [1.29, 1.82) is 0 Å². The molecule has 0 amide bonds. The third-order valence-corrected chi connectivity index (χ3v) is 5.83. The Morgan fingerprint density at radius 2 is 2.05 bits per heavy atom. The van der Waals surface area contributed by atoms with E-state index in [1.807, 2.05) is 18.3 Å². The van der Waals surface area contributed by atoms with Gasteiger partial charge >= 0.3 is 0 Å². The average Bonchev–Trinajstić information content (AvgIpc) is 3.03. The Labute approximate surface area is 126 Å². The van der Waals surface area contributed by atoms with Crippen molar-refractivity contribution in [2.45, 2.75) is 51.3 Å². The fourth-order valence-corrected chi connectivity index (χ4v) is 4.51. The van der Waals surface area contributed by atoms with Crippen molar-refractivity contribution in [2.24, 2.45) is 0 Å². The van der Waals surface area contributed by atoms with Crippen LogP contribution in [0.1, 0.15) is 35.9 Å². The fraction of sp³-hybridized carbons (Fsp3) is 0.750. The van der Waals surface area contributed by atoms with Gasteiger partial charge in [-0.1, -0.05) is 0 Å². The van der Waals surface area contributed by atoms with E-state index >= 15 is 0 Å². The molecule has 2 aliphatic heterocycles. The molecule has 3 heterocycles. The molecule has 1 aromatic rings. The van der Waals surface area contributed by atoms with E-state index in [9.17, 15) is 5.11 Å². The molecule has 0 saturated carbocycles. The average molecular weight is 294 g/mol. The summed E-state index contributed by atoms with van der Waals surface area (Å²) >= 11 is 1.90. The van der Waals surface area contributed by atoms with Crippen LogP contribution in [0.2, 0.25) is 0 Å². The molecule has 3 nitrogen and oxygen atoms in total. The zero-order valence-electron chi connectivity index (χ0n) is 12.6. The van der Waals surface area contributed by atoms with Gasteiger partial charge in [0.1, 0.15) is 0 Å². The third kappa shape index (κ3) is 3.08. The van der Waals surface area contributed by atoms with E-state index in [4.69, 9.17) is 0 Å². The molecule has 1 aromatic heterocycles. The first kappa shape index (κ1) is 14.5. The van der Waals surface area contributed by atoms with Crippen LogP contribution in [0.25, 0.3) is 0 Å². The quantitative estimate of drug-likeness (QED) is 0.928. The highest BCUT2D eigenvalue weighted by Gasteiger charge is 2.41. The topological polar surface area (TPSA) is 26.7 Å². The van der Waals surface area contributed by atoms with Gasteiger partial charge in [-0.05, 0) is 58.3 Å². The van der Waals surface area contributed by atoms with Crippen LogP contribution >= 0.6 is 11.3 Å². The molecule has 0 unspecified atom stereocenters. The van der Waals surface area contributed by atoms with E-state index in [1.54, 1.807) is 0 Å². The van der Waals surface area contributed by atoms with Gasteiger partial charge < -0.3 is 5.11 Å². The number of hydrogen-bond donors (Lipinski definition) is 1. The molecule has 1 N–H and O–H groups in total. The molecule has 0 bridgehead atoms. The van der Waals surface area contributed by atoms with Gasteiger partial charge in [-0.25, -0.2) is 0 Å².